The molecule has 150 valence electrons. The monoisotopic (exact) mass is 398 g/mol. The van der Waals surface area contributed by atoms with Crippen molar-refractivity contribution in [1.82, 2.24) is 0 Å². The molecule has 0 aliphatic carbocycles. The first-order valence-electron chi connectivity index (χ1n) is 10.6. The fourth-order valence-electron chi connectivity index (χ4n) is 3.26. The van der Waals surface area contributed by atoms with Crippen LogP contribution in [-0.2, 0) is 0 Å². The Morgan fingerprint density at radius 2 is 0.581 bits per heavy atom. The normalized spacial score (nSPS) is 11.6. The highest BCUT2D eigenvalue weighted by molar-refractivity contribution is 5.74. The van der Waals surface area contributed by atoms with E-state index in [-0.39, 0.29) is 0 Å². The molecule has 0 aromatic heterocycles. The lowest BCUT2D eigenvalue weighted by atomic mass is 10.1. The standard InChI is InChI=1S/C31H26/c1-25-7-9-27(10-8-25)13-14-29-19-21-31(22-20-29)24-23-30-17-15-28(16-18-30)12-11-26-5-3-2-4-6-26/h2-24H,1H3. The molecule has 4 aromatic rings. The van der Waals surface area contributed by atoms with Gasteiger partial charge in [0.2, 0.25) is 0 Å². The van der Waals surface area contributed by atoms with Crippen LogP contribution in [0.3, 0.4) is 0 Å². The van der Waals surface area contributed by atoms with E-state index in [4.69, 9.17) is 0 Å². The fourth-order valence-corrected chi connectivity index (χ4v) is 3.26. The summed E-state index contributed by atoms with van der Waals surface area (Å²) in [5.41, 5.74) is 8.51. The van der Waals surface area contributed by atoms with Gasteiger partial charge in [0.15, 0.2) is 0 Å². The van der Waals surface area contributed by atoms with Crippen LogP contribution in [0.2, 0.25) is 0 Å². The molecule has 0 radical (unpaired) electrons. The molecule has 0 saturated carbocycles. The fraction of sp³-hybridized carbons (Fsp3) is 0.0323. The maximum absolute atomic E-state index is 2.16. The van der Waals surface area contributed by atoms with Gasteiger partial charge in [-0.15, -0.1) is 0 Å². The third-order valence-corrected chi connectivity index (χ3v) is 5.15. The van der Waals surface area contributed by atoms with Crippen LogP contribution < -0.4 is 0 Å². The first kappa shape index (κ1) is 20.4. The van der Waals surface area contributed by atoms with E-state index in [1.165, 1.54) is 38.9 Å². The van der Waals surface area contributed by atoms with Crippen molar-refractivity contribution < 1.29 is 0 Å². The Balaban J connectivity index is 1.36. The van der Waals surface area contributed by atoms with Gasteiger partial charge in [-0.2, -0.15) is 0 Å². The Morgan fingerprint density at radius 3 is 0.903 bits per heavy atom. The molecule has 0 aliphatic heterocycles. The molecule has 0 heteroatoms. The van der Waals surface area contributed by atoms with Gasteiger partial charge in [-0.05, 0) is 40.3 Å². The summed E-state index contributed by atoms with van der Waals surface area (Å²) in [5.74, 6) is 0. The second-order valence-corrected chi connectivity index (χ2v) is 7.65. The average molecular weight is 399 g/mol. The number of hydrogen-bond acceptors (Lipinski definition) is 0. The second kappa shape index (κ2) is 10.2. The first-order chi connectivity index (χ1) is 15.2. The number of aryl methyl sites for hydroxylation is 1. The van der Waals surface area contributed by atoms with Crippen LogP contribution in [-0.4, -0.2) is 0 Å². The highest BCUT2D eigenvalue weighted by atomic mass is 14.0. The summed E-state index contributed by atoms with van der Waals surface area (Å²) in [7, 11) is 0. The molecule has 4 rings (SSSR count). The number of hydrogen-bond donors (Lipinski definition) is 0. The molecule has 0 atom stereocenters. The Hall–Kier alpha value is -3.90. The van der Waals surface area contributed by atoms with Gasteiger partial charge in [0, 0.05) is 0 Å². The largest absolute Gasteiger partial charge is 0.0622 e. The van der Waals surface area contributed by atoms with Gasteiger partial charge in [0.05, 0.1) is 0 Å². The van der Waals surface area contributed by atoms with Gasteiger partial charge in [-0.3, -0.25) is 0 Å². The molecule has 0 fully saturated rings. The molecule has 31 heavy (non-hydrogen) atoms. The van der Waals surface area contributed by atoms with E-state index in [0.717, 1.165) is 0 Å². The van der Waals surface area contributed by atoms with Crippen molar-refractivity contribution in [2.24, 2.45) is 0 Å². The summed E-state index contributed by atoms with van der Waals surface area (Å²) in [4.78, 5) is 0. The van der Waals surface area contributed by atoms with E-state index < -0.39 is 0 Å². The molecular weight excluding hydrogens is 372 g/mol. The maximum Gasteiger partial charge on any atom is -0.0256 e. The lowest BCUT2D eigenvalue weighted by molar-refractivity contribution is 1.46. The van der Waals surface area contributed by atoms with Crippen LogP contribution in [0.1, 0.15) is 38.9 Å². The van der Waals surface area contributed by atoms with Gasteiger partial charge in [0.25, 0.3) is 0 Å². The highest BCUT2D eigenvalue weighted by Crippen LogP contribution is 2.15. The number of benzene rings is 4. The van der Waals surface area contributed by atoms with Gasteiger partial charge >= 0.3 is 0 Å². The molecule has 0 heterocycles. The Kier molecular flexibility index (Phi) is 6.72. The predicted molar refractivity (Wildman–Crippen MR) is 137 cm³/mol. The maximum atomic E-state index is 2.16. The molecule has 4 aromatic carbocycles. The summed E-state index contributed by atoms with van der Waals surface area (Å²) in [5, 5.41) is 0. The van der Waals surface area contributed by atoms with E-state index in [1.54, 1.807) is 0 Å². The molecule has 0 saturated heterocycles. The minimum atomic E-state index is 1.19. The molecule has 0 N–H and O–H groups in total. The zero-order valence-electron chi connectivity index (χ0n) is 17.8. The van der Waals surface area contributed by atoms with Gasteiger partial charge < -0.3 is 0 Å². The minimum Gasteiger partial charge on any atom is -0.0622 e. The van der Waals surface area contributed by atoms with Crippen LogP contribution in [0.15, 0.2) is 103 Å². The van der Waals surface area contributed by atoms with Crippen LogP contribution >= 0.6 is 0 Å². The smallest absolute Gasteiger partial charge is 0.0256 e. The van der Waals surface area contributed by atoms with Crippen LogP contribution in [0, 0.1) is 6.92 Å². The lowest BCUT2D eigenvalue weighted by Gasteiger charge is -1.99. The van der Waals surface area contributed by atoms with Crippen molar-refractivity contribution in [1.29, 1.82) is 0 Å². The van der Waals surface area contributed by atoms with Gasteiger partial charge in [-0.1, -0.05) is 145 Å². The van der Waals surface area contributed by atoms with Gasteiger partial charge in [-0.25, -0.2) is 0 Å². The summed E-state index contributed by atoms with van der Waals surface area (Å²) >= 11 is 0. The molecule has 0 bridgehead atoms. The van der Waals surface area contributed by atoms with E-state index in [1.807, 2.05) is 6.07 Å². The molecular formula is C31H26. The van der Waals surface area contributed by atoms with Crippen molar-refractivity contribution in [2.45, 2.75) is 6.92 Å². The summed E-state index contributed by atoms with van der Waals surface area (Å²) in [6.07, 6.45) is 12.9. The zero-order valence-corrected chi connectivity index (χ0v) is 17.8. The quantitative estimate of drug-likeness (QED) is 0.286. The SMILES string of the molecule is Cc1ccc(C=Cc2ccc(C=Cc3ccc(C=Cc4ccccc4)cc3)cc2)cc1. The lowest BCUT2D eigenvalue weighted by Crippen LogP contribution is -1.77. The third kappa shape index (κ3) is 6.29. The zero-order chi connectivity index (χ0) is 21.3. The molecule has 0 unspecified atom stereocenters. The molecule has 0 spiro atoms. The highest BCUT2D eigenvalue weighted by Gasteiger charge is 1.93. The van der Waals surface area contributed by atoms with Crippen molar-refractivity contribution in [3.63, 3.8) is 0 Å². The first-order valence-corrected chi connectivity index (χ1v) is 10.6. The number of rotatable bonds is 6. The molecule has 0 aliphatic rings. The second-order valence-electron chi connectivity index (χ2n) is 7.65. The van der Waals surface area contributed by atoms with Crippen LogP contribution in [0.25, 0.3) is 36.5 Å². The summed E-state index contributed by atoms with van der Waals surface area (Å²) in [6, 6.07) is 36.2. The van der Waals surface area contributed by atoms with E-state index in [0.29, 0.717) is 0 Å². The average Bonchev–Trinajstić information content (AvgIpc) is 2.83. The Morgan fingerprint density at radius 1 is 0.323 bits per heavy atom. The van der Waals surface area contributed by atoms with Crippen molar-refractivity contribution in [2.75, 3.05) is 0 Å². The predicted octanol–water partition coefficient (Wildman–Crippen LogP) is 8.51. The van der Waals surface area contributed by atoms with E-state index in [9.17, 15) is 0 Å². The van der Waals surface area contributed by atoms with E-state index in [2.05, 4.69) is 140 Å². The Bertz CT molecular complexity index is 1170. The van der Waals surface area contributed by atoms with Gasteiger partial charge in [0.1, 0.15) is 0 Å². The minimum absolute atomic E-state index is 1.19. The van der Waals surface area contributed by atoms with Crippen molar-refractivity contribution in [3.05, 3.63) is 142 Å². The Labute approximate surface area is 185 Å². The molecule has 0 amide bonds. The summed E-state index contributed by atoms with van der Waals surface area (Å²) in [6.45, 7) is 2.11. The summed E-state index contributed by atoms with van der Waals surface area (Å²) < 4.78 is 0. The van der Waals surface area contributed by atoms with Crippen LogP contribution in [0.4, 0.5) is 0 Å². The van der Waals surface area contributed by atoms with Crippen molar-refractivity contribution in [3.8, 4) is 0 Å². The van der Waals surface area contributed by atoms with Crippen LogP contribution in [0.5, 0.6) is 0 Å². The molecule has 0 nitrogen and oxygen atoms in total. The third-order valence-electron chi connectivity index (χ3n) is 5.15. The topological polar surface area (TPSA) is 0 Å². The van der Waals surface area contributed by atoms with E-state index >= 15 is 0 Å². The van der Waals surface area contributed by atoms with Crippen molar-refractivity contribution >= 4 is 36.5 Å².